The summed E-state index contributed by atoms with van der Waals surface area (Å²) in [5.74, 6) is 2.09. The number of methoxy groups -OCH3 is 2. The van der Waals surface area contributed by atoms with E-state index in [2.05, 4.69) is 29.4 Å². The summed E-state index contributed by atoms with van der Waals surface area (Å²) in [5.41, 5.74) is 5.88. The van der Waals surface area contributed by atoms with Crippen LogP contribution in [0.15, 0.2) is 28.7 Å². The van der Waals surface area contributed by atoms with Crippen molar-refractivity contribution in [1.29, 1.82) is 0 Å². The number of hydrogen-bond acceptors (Lipinski definition) is 6. The van der Waals surface area contributed by atoms with Crippen LogP contribution in [-0.2, 0) is 0 Å². The second-order valence-electron chi connectivity index (χ2n) is 5.66. The van der Waals surface area contributed by atoms with Gasteiger partial charge in [0.1, 0.15) is 11.5 Å². The third-order valence-electron chi connectivity index (χ3n) is 3.23. The molecule has 6 heteroatoms. The van der Waals surface area contributed by atoms with E-state index in [1.165, 1.54) is 11.3 Å². The molecule has 1 heterocycles. The Morgan fingerprint density at radius 3 is 2.74 bits per heavy atom. The number of nitrogens with one attached hydrogen (secondary N) is 1. The summed E-state index contributed by atoms with van der Waals surface area (Å²) < 4.78 is 10.7. The van der Waals surface area contributed by atoms with E-state index in [1.54, 1.807) is 14.2 Å². The van der Waals surface area contributed by atoms with Gasteiger partial charge in [-0.15, -0.1) is 11.3 Å². The van der Waals surface area contributed by atoms with Gasteiger partial charge >= 0.3 is 0 Å². The molecule has 0 fully saturated rings. The van der Waals surface area contributed by atoms with Crippen molar-refractivity contribution in [3.8, 4) is 22.8 Å². The van der Waals surface area contributed by atoms with Crippen LogP contribution in [0.5, 0.6) is 11.5 Å². The highest BCUT2D eigenvalue weighted by Gasteiger charge is 2.11. The number of hydrazone groups is 1. The molecule has 5 nitrogen and oxygen atoms in total. The van der Waals surface area contributed by atoms with Crippen LogP contribution < -0.4 is 14.9 Å². The fourth-order valence-corrected chi connectivity index (χ4v) is 2.89. The zero-order valence-electron chi connectivity index (χ0n) is 14.2. The summed E-state index contributed by atoms with van der Waals surface area (Å²) in [6.07, 6.45) is 0.970. The van der Waals surface area contributed by atoms with E-state index in [4.69, 9.17) is 9.47 Å². The zero-order valence-corrected chi connectivity index (χ0v) is 15.0. The van der Waals surface area contributed by atoms with Gasteiger partial charge in [-0.05, 0) is 31.4 Å². The maximum Gasteiger partial charge on any atom is 0.203 e. The van der Waals surface area contributed by atoms with Crippen LogP contribution >= 0.6 is 11.3 Å². The van der Waals surface area contributed by atoms with Crippen molar-refractivity contribution >= 4 is 22.2 Å². The van der Waals surface area contributed by atoms with E-state index in [0.717, 1.165) is 40.0 Å². The number of ether oxygens (including phenoxy) is 2. The fourth-order valence-electron chi connectivity index (χ4n) is 2.24. The number of nitrogens with zero attached hydrogens (tertiary/aromatic N) is 2. The second kappa shape index (κ2) is 7.97. The van der Waals surface area contributed by atoms with Crippen molar-refractivity contribution < 1.29 is 9.47 Å². The average molecular weight is 333 g/mol. The number of aromatic nitrogens is 1. The van der Waals surface area contributed by atoms with Gasteiger partial charge in [0.05, 0.1) is 19.9 Å². The summed E-state index contributed by atoms with van der Waals surface area (Å²) in [6, 6.07) is 5.70. The molecule has 0 saturated heterocycles. The third kappa shape index (κ3) is 4.69. The zero-order chi connectivity index (χ0) is 16.8. The van der Waals surface area contributed by atoms with Crippen LogP contribution in [0.4, 0.5) is 5.13 Å². The van der Waals surface area contributed by atoms with Gasteiger partial charge in [0, 0.05) is 22.7 Å². The van der Waals surface area contributed by atoms with Crippen LogP contribution in [0.2, 0.25) is 0 Å². The monoisotopic (exact) mass is 333 g/mol. The summed E-state index contributed by atoms with van der Waals surface area (Å²) >= 11 is 1.52. The first-order chi connectivity index (χ1) is 11.0. The van der Waals surface area contributed by atoms with E-state index >= 15 is 0 Å². The lowest BCUT2D eigenvalue weighted by atomic mass is 10.1. The molecular formula is C17H23N3O2S. The third-order valence-corrected chi connectivity index (χ3v) is 3.98. The minimum atomic E-state index is 0.593. The largest absolute Gasteiger partial charge is 0.497 e. The highest BCUT2D eigenvalue weighted by Crippen LogP contribution is 2.34. The first-order valence-corrected chi connectivity index (χ1v) is 8.38. The molecule has 1 aromatic carbocycles. The van der Waals surface area contributed by atoms with Gasteiger partial charge in [-0.1, -0.05) is 13.8 Å². The summed E-state index contributed by atoms with van der Waals surface area (Å²) in [4.78, 5) is 4.58. The van der Waals surface area contributed by atoms with Crippen molar-refractivity contribution in [2.45, 2.75) is 27.2 Å². The SMILES string of the molecule is COc1ccc(-c2csc(N/N=C(\C)CC(C)C)n2)c(OC)c1. The molecule has 0 amide bonds. The Morgan fingerprint density at radius 1 is 1.30 bits per heavy atom. The summed E-state index contributed by atoms with van der Waals surface area (Å²) in [7, 11) is 3.28. The van der Waals surface area contributed by atoms with Crippen molar-refractivity contribution in [2.75, 3.05) is 19.6 Å². The number of thiazole rings is 1. The molecule has 2 aromatic rings. The van der Waals surface area contributed by atoms with E-state index in [9.17, 15) is 0 Å². The smallest absolute Gasteiger partial charge is 0.203 e. The first kappa shape index (κ1) is 17.3. The van der Waals surface area contributed by atoms with Crippen LogP contribution in [0.25, 0.3) is 11.3 Å². The molecule has 23 heavy (non-hydrogen) atoms. The van der Waals surface area contributed by atoms with E-state index < -0.39 is 0 Å². The highest BCUT2D eigenvalue weighted by atomic mass is 32.1. The van der Waals surface area contributed by atoms with Gasteiger partial charge in [0.15, 0.2) is 0 Å². The number of rotatable bonds is 7. The molecule has 1 N–H and O–H groups in total. The second-order valence-corrected chi connectivity index (χ2v) is 6.52. The lowest BCUT2D eigenvalue weighted by molar-refractivity contribution is 0.395. The van der Waals surface area contributed by atoms with Gasteiger partial charge in [-0.2, -0.15) is 5.10 Å². The molecule has 0 aliphatic carbocycles. The molecular weight excluding hydrogens is 310 g/mol. The molecule has 0 bridgehead atoms. The maximum atomic E-state index is 5.43. The van der Waals surface area contributed by atoms with Crippen molar-refractivity contribution in [1.82, 2.24) is 4.98 Å². The van der Waals surface area contributed by atoms with E-state index in [0.29, 0.717) is 5.92 Å². The predicted octanol–water partition coefficient (Wildman–Crippen LogP) is 4.66. The molecule has 0 saturated carbocycles. The van der Waals surface area contributed by atoms with Crippen molar-refractivity contribution in [2.24, 2.45) is 11.0 Å². The Balaban J connectivity index is 2.16. The molecule has 0 unspecified atom stereocenters. The van der Waals surface area contributed by atoms with E-state index in [1.807, 2.05) is 30.5 Å². The fraction of sp³-hybridized carbons (Fsp3) is 0.412. The molecule has 124 valence electrons. The van der Waals surface area contributed by atoms with E-state index in [-0.39, 0.29) is 0 Å². The summed E-state index contributed by atoms with van der Waals surface area (Å²) in [6.45, 7) is 6.38. The van der Waals surface area contributed by atoms with Crippen LogP contribution in [0, 0.1) is 5.92 Å². The minimum absolute atomic E-state index is 0.593. The highest BCUT2D eigenvalue weighted by molar-refractivity contribution is 7.14. The minimum Gasteiger partial charge on any atom is -0.497 e. The molecule has 0 spiro atoms. The Hall–Kier alpha value is -2.08. The van der Waals surface area contributed by atoms with Gasteiger partial charge < -0.3 is 9.47 Å². The average Bonchev–Trinajstić information content (AvgIpc) is 3.00. The predicted molar refractivity (Wildman–Crippen MR) is 96.8 cm³/mol. The van der Waals surface area contributed by atoms with Crippen LogP contribution in [0.1, 0.15) is 27.2 Å². The summed E-state index contributed by atoms with van der Waals surface area (Å²) in [5, 5.41) is 7.13. The van der Waals surface area contributed by atoms with Crippen LogP contribution in [0.3, 0.4) is 0 Å². The Bertz CT molecular complexity index is 680. The first-order valence-electron chi connectivity index (χ1n) is 7.50. The molecule has 0 aliphatic heterocycles. The van der Waals surface area contributed by atoms with Crippen molar-refractivity contribution in [3.63, 3.8) is 0 Å². The maximum absolute atomic E-state index is 5.43. The quantitative estimate of drug-likeness (QED) is 0.591. The lowest BCUT2D eigenvalue weighted by Gasteiger charge is -2.08. The Morgan fingerprint density at radius 2 is 2.09 bits per heavy atom. The van der Waals surface area contributed by atoms with Crippen molar-refractivity contribution in [3.05, 3.63) is 23.6 Å². The molecule has 0 aliphatic rings. The van der Waals surface area contributed by atoms with Crippen LogP contribution in [-0.4, -0.2) is 24.9 Å². The van der Waals surface area contributed by atoms with Gasteiger partial charge in [0.2, 0.25) is 5.13 Å². The number of anilines is 1. The normalized spacial score (nSPS) is 11.7. The lowest BCUT2D eigenvalue weighted by Crippen LogP contribution is -2.01. The van der Waals surface area contributed by atoms with Gasteiger partial charge in [-0.3, -0.25) is 5.43 Å². The number of benzene rings is 1. The Labute approximate surface area is 141 Å². The van der Waals surface area contributed by atoms with Gasteiger partial charge in [0.25, 0.3) is 0 Å². The number of hydrogen-bond donors (Lipinski definition) is 1. The standard InChI is InChI=1S/C17H23N3O2S/c1-11(2)8-12(3)19-20-17-18-15(10-23-17)14-7-6-13(21-4)9-16(14)22-5/h6-7,9-11H,8H2,1-5H3,(H,18,20)/b19-12+. The van der Waals surface area contributed by atoms with Gasteiger partial charge in [-0.25, -0.2) is 4.98 Å². The topological polar surface area (TPSA) is 55.7 Å². The Kier molecular flexibility index (Phi) is 5.98. The molecule has 1 aromatic heterocycles. The molecule has 0 atom stereocenters. The molecule has 2 rings (SSSR count). The molecule has 0 radical (unpaired) electrons.